The predicted octanol–water partition coefficient (Wildman–Crippen LogP) is 1.90. The van der Waals surface area contributed by atoms with E-state index in [1.165, 1.54) is 0 Å². The third-order valence-corrected chi connectivity index (χ3v) is 3.96. The fourth-order valence-corrected chi connectivity index (χ4v) is 2.66. The van der Waals surface area contributed by atoms with Crippen molar-refractivity contribution in [3.05, 3.63) is 40.6 Å². The molecule has 1 heterocycles. The van der Waals surface area contributed by atoms with Crippen molar-refractivity contribution in [2.75, 3.05) is 10.5 Å². The Balaban J connectivity index is 2.41. The molecule has 106 valence electrons. The summed E-state index contributed by atoms with van der Waals surface area (Å²) >= 11 is 2.89. The summed E-state index contributed by atoms with van der Waals surface area (Å²) < 4.78 is 52.9. The predicted molar refractivity (Wildman–Crippen MR) is 71.3 cm³/mol. The Kier molecular flexibility index (Phi) is 3.86. The number of aromatic nitrogens is 2. The lowest BCUT2D eigenvalue weighted by molar-refractivity contribution is 0.581. The van der Waals surface area contributed by atoms with Crippen molar-refractivity contribution in [3.8, 4) is 0 Å². The van der Waals surface area contributed by atoms with Crippen molar-refractivity contribution >= 4 is 37.6 Å². The number of hydrogen-bond donors (Lipinski definition) is 2. The van der Waals surface area contributed by atoms with Gasteiger partial charge in [0.1, 0.15) is 10.6 Å². The zero-order chi connectivity index (χ0) is 14.9. The number of benzene rings is 1. The van der Waals surface area contributed by atoms with Gasteiger partial charge in [-0.05, 0) is 12.1 Å². The molecule has 0 saturated heterocycles. The zero-order valence-corrected chi connectivity index (χ0v) is 12.0. The Morgan fingerprint density at radius 3 is 2.15 bits per heavy atom. The highest BCUT2D eigenvalue weighted by molar-refractivity contribution is 9.10. The fraction of sp³-hybridized carbons (Fsp3) is 0. The molecular weight excluding hydrogens is 358 g/mol. The molecule has 0 fully saturated rings. The molecule has 0 atom stereocenters. The van der Waals surface area contributed by atoms with E-state index in [1.807, 2.05) is 0 Å². The number of nitrogens with zero attached hydrogens (tertiary/aromatic N) is 2. The molecule has 0 unspecified atom stereocenters. The molecule has 2 aromatic rings. The monoisotopic (exact) mass is 364 g/mol. The van der Waals surface area contributed by atoms with Crippen molar-refractivity contribution in [3.63, 3.8) is 0 Å². The normalized spacial score (nSPS) is 11.3. The molecule has 0 aliphatic carbocycles. The van der Waals surface area contributed by atoms with Crippen LogP contribution in [-0.4, -0.2) is 18.4 Å². The van der Waals surface area contributed by atoms with Crippen LogP contribution in [0.5, 0.6) is 0 Å². The van der Waals surface area contributed by atoms with E-state index in [-0.39, 0.29) is 15.3 Å². The van der Waals surface area contributed by atoms with Gasteiger partial charge in [0.05, 0.1) is 12.4 Å². The number of rotatable bonds is 3. The third kappa shape index (κ3) is 3.02. The van der Waals surface area contributed by atoms with Crippen molar-refractivity contribution in [2.24, 2.45) is 0 Å². The van der Waals surface area contributed by atoms with E-state index < -0.39 is 27.3 Å². The summed E-state index contributed by atoms with van der Waals surface area (Å²) in [6.45, 7) is 0. The van der Waals surface area contributed by atoms with Crippen LogP contribution in [-0.2, 0) is 10.0 Å². The highest BCUT2D eigenvalue weighted by Crippen LogP contribution is 2.25. The molecule has 0 bridgehead atoms. The van der Waals surface area contributed by atoms with Gasteiger partial charge in [0.2, 0.25) is 5.95 Å². The summed E-state index contributed by atoms with van der Waals surface area (Å²) in [7, 11) is -4.21. The van der Waals surface area contributed by atoms with Crippen LogP contribution in [0.4, 0.5) is 20.4 Å². The first-order valence-corrected chi connectivity index (χ1v) is 7.32. The quantitative estimate of drug-likeness (QED) is 0.866. The minimum atomic E-state index is -4.21. The second-order valence-corrected chi connectivity index (χ2v) is 6.22. The second-order valence-electron chi connectivity index (χ2n) is 3.63. The van der Waals surface area contributed by atoms with Gasteiger partial charge in [0.25, 0.3) is 10.0 Å². The molecule has 10 heteroatoms. The second kappa shape index (κ2) is 5.29. The molecular formula is C10H7BrF2N4O2S. The highest BCUT2D eigenvalue weighted by Gasteiger charge is 2.20. The summed E-state index contributed by atoms with van der Waals surface area (Å²) in [6.07, 6.45) is 1.86. The van der Waals surface area contributed by atoms with Crippen molar-refractivity contribution in [1.82, 2.24) is 9.97 Å². The van der Waals surface area contributed by atoms with Gasteiger partial charge in [-0.15, -0.1) is 0 Å². The SMILES string of the molecule is Nc1ncc(S(=O)(=O)Nc2c(F)cc(Br)cc2F)cn1. The lowest BCUT2D eigenvalue weighted by Crippen LogP contribution is -2.16. The minimum Gasteiger partial charge on any atom is -0.368 e. The van der Waals surface area contributed by atoms with E-state index in [9.17, 15) is 17.2 Å². The Morgan fingerprint density at radius 2 is 1.65 bits per heavy atom. The fourth-order valence-electron chi connectivity index (χ4n) is 1.30. The maximum absolute atomic E-state index is 13.6. The molecule has 0 aliphatic heterocycles. The van der Waals surface area contributed by atoms with Crippen molar-refractivity contribution in [2.45, 2.75) is 4.90 Å². The Morgan fingerprint density at radius 1 is 1.15 bits per heavy atom. The van der Waals surface area contributed by atoms with E-state index >= 15 is 0 Å². The Hall–Kier alpha value is -1.81. The third-order valence-electron chi connectivity index (χ3n) is 2.20. The smallest absolute Gasteiger partial charge is 0.265 e. The van der Waals surface area contributed by atoms with Gasteiger partial charge >= 0.3 is 0 Å². The summed E-state index contributed by atoms with van der Waals surface area (Å²) in [5, 5.41) is 0. The average Bonchev–Trinajstić information content (AvgIpc) is 2.34. The number of halogens is 3. The van der Waals surface area contributed by atoms with Gasteiger partial charge in [-0.3, -0.25) is 4.72 Å². The molecule has 3 N–H and O–H groups in total. The van der Waals surface area contributed by atoms with Gasteiger partial charge in [-0.2, -0.15) is 0 Å². The van der Waals surface area contributed by atoms with Crippen molar-refractivity contribution in [1.29, 1.82) is 0 Å². The summed E-state index contributed by atoms with van der Waals surface area (Å²) in [5.74, 6) is -2.24. The molecule has 20 heavy (non-hydrogen) atoms. The number of nitrogens with two attached hydrogens (primary N) is 1. The standard InChI is InChI=1S/C10H7BrF2N4O2S/c11-5-1-7(12)9(8(13)2-5)17-20(18,19)6-3-15-10(14)16-4-6/h1-4,17H,(H2,14,15,16). The topological polar surface area (TPSA) is 98.0 Å². The number of nitrogens with one attached hydrogen (secondary N) is 1. The van der Waals surface area contributed by atoms with Crippen LogP contribution in [0.2, 0.25) is 0 Å². The lowest BCUT2D eigenvalue weighted by atomic mass is 10.3. The molecule has 0 aliphatic rings. The number of hydrogen-bond acceptors (Lipinski definition) is 5. The number of sulfonamides is 1. The molecule has 2 rings (SSSR count). The van der Waals surface area contributed by atoms with E-state index in [2.05, 4.69) is 25.9 Å². The largest absolute Gasteiger partial charge is 0.368 e. The first-order chi connectivity index (χ1) is 9.29. The van der Waals surface area contributed by atoms with E-state index in [1.54, 1.807) is 4.72 Å². The van der Waals surface area contributed by atoms with E-state index in [0.717, 1.165) is 24.5 Å². The Bertz CT molecular complexity index is 729. The van der Waals surface area contributed by atoms with Crippen LogP contribution in [0, 0.1) is 11.6 Å². The Labute approximate surface area is 121 Å². The molecule has 1 aromatic heterocycles. The molecule has 6 nitrogen and oxygen atoms in total. The molecule has 0 radical (unpaired) electrons. The minimum absolute atomic E-state index is 0.120. The van der Waals surface area contributed by atoms with Gasteiger partial charge in [-0.25, -0.2) is 27.2 Å². The summed E-state index contributed by atoms with van der Waals surface area (Å²) in [6, 6.07) is 1.86. The highest BCUT2D eigenvalue weighted by atomic mass is 79.9. The number of nitrogen functional groups attached to an aromatic ring is 1. The van der Waals surface area contributed by atoms with Crippen LogP contribution < -0.4 is 10.5 Å². The van der Waals surface area contributed by atoms with Gasteiger partial charge in [-0.1, -0.05) is 15.9 Å². The van der Waals surface area contributed by atoms with Gasteiger partial charge in [0, 0.05) is 4.47 Å². The molecule has 1 aromatic carbocycles. The van der Waals surface area contributed by atoms with E-state index in [4.69, 9.17) is 5.73 Å². The molecule has 0 saturated carbocycles. The van der Waals surface area contributed by atoms with Crippen LogP contribution in [0.1, 0.15) is 0 Å². The maximum Gasteiger partial charge on any atom is 0.265 e. The average molecular weight is 365 g/mol. The lowest BCUT2D eigenvalue weighted by Gasteiger charge is -2.09. The maximum atomic E-state index is 13.6. The molecule has 0 amide bonds. The van der Waals surface area contributed by atoms with Gasteiger partial charge in [0.15, 0.2) is 11.6 Å². The molecule has 0 spiro atoms. The first-order valence-electron chi connectivity index (χ1n) is 5.04. The van der Waals surface area contributed by atoms with Crippen LogP contribution in [0.3, 0.4) is 0 Å². The summed E-state index contributed by atoms with van der Waals surface area (Å²) in [5.41, 5.74) is 4.44. The van der Waals surface area contributed by atoms with Crippen LogP contribution >= 0.6 is 15.9 Å². The van der Waals surface area contributed by atoms with Crippen LogP contribution in [0.15, 0.2) is 33.9 Å². The first kappa shape index (κ1) is 14.6. The van der Waals surface area contributed by atoms with Gasteiger partial charge < -0.3 is 5.73 Å². The van der Waals surface area contributed by atoms with Crippen molar-refractivity contribution < 1.29 is 17.2 Å². The summed E-state index contributed by atoms with van der Waals surface area (Å²) in [4.78, 5) is 6.63. The van der Waals surface area contributed by atoms with Crippen LogP contribution in [0.25, 0.3) is 0 Å². The van der Waals surface area contributed by atoms with E-state index in [0.29, 0.717) is 0 Å². The zero-order valence-electron chi connectivity index (χ0n) is 9.64. The number of anilines is 2.